The summed E-state index contributed by atoms with van der Waals surface area (Å²) < 4.78 is 6.01. The average Bonchev–Trinajstić information content (AvgIpc) is 2.40. The van der Waals surface area contributed by atoms with Gasteiger partial charge in [-0.1, -0.05) is 24.3 Å². The Bertz CT molecular complexity index is 686. The van der Waals surface area contributed by atoms with Crippen molar-refractivity contribution in [2.75, 3.05) is 0 Å². The van der Waals surface area contributed by atoms with Gasteiger partial charge in [-0.3, -0.25) is 4.79 Å². The van der Waals surface area contributed by atoms with Crippen LogP contribution in [0, 0.1) is 13.8 Å². The Kier molecular flexibility index (Phi) is 3.09. The molecule has 3 rings (SSSR count). The Hall–Kier alpha value is -2.09. The summed E-state index contributed by atoms with van der Waals surface area (Å²) in [6.45, 7) is 5.83. The Morgan fingerprint density at radius 1 is 1.05 bits per heavy atom. The lowest BCUT2D eigenvalue weighted by atomic mass is 9.83. The van der Waals surface area contributed by atoms with Crippen molar-refractivity contribution < 1.29 is 9.53 Å². The molecule has 2 nitrogen and oxygen atoms in total. The summed E-state index contributed by atoms with van der Waals surface area (Å²) in [5.41, 5.74) is 4.69. The predicted molar refractivity (Wildman–Crippen MR) is 79.6 cm³/mol. The fourth-order valence-electron chi connectivity index (χ4n) is 2.83. The van der Waals surface area contributed by atoms with E-state index in [1.54, 1.807) is 6.92 Å². The molecular weight excluding hydrogens is 248 g/mol. The molecule has 2 aromatic carbocycles. The molecule has 0 fully saturated rings. The normalized spacial score (nSPS) is 16.1. The number of fused-ring (bicyclic) bond motifs is 2. The first kappa shape index (κ1) is 12.9. The highest BCUT2D eigenvalue weighted by Crippen LogP contribution is 2.46. The van der Waals surface area contributed by atoms with Crippen LogP contribution < -0.4 is 4.74 Å². The van der Waals surface area contributed by atoms with Crippen LogP contribution in [-0.2, 0) is 4.79 Å². The third kappa shape index (κ3) is 2.11. The van der Waals surface area contributed by atoms with E-state index in [9.17, 15) is 4.79 Å². The number of aryl methyl sites for hydroxylation is 2. The third-order valence-electron chi connectivity index (χ3n) is 4.01. The number of ether oxygens (including phenoxy) is 1. The van der Waals surface area contributed by atoms with Gasteiger partial charge in [0.05, 0.1) is 0 Å². The number of carbonyl (C=O) groups excluding carboxylic acids is 1. The maximum Gasteiger partial charge on any atom is 0.131 e. The second-order valence-electron chi connectivity index (χ2n) is 5.57. The second kappa shape index (κ2) is 4.78. The van der Waals surface area contributed by atoms with Gasteiger partial charge in [-0.2, -0.15) is 0 Å². The lowest BCUT2D eigenvalue weighted by Gasteiger charge is -2.28. The van der Waals surface area contributed by atoms with E-state index in [0.717, 1.165) is 22.6 Å². The van der Waals surface area contributed by atoms with E-state index in [0.29, 0.717) is 6.42 Å². The van der Waals surface area contributed by atoms with Crippen molar-refractivity contribution in [1.29, 1.82) is 0 Å². The maximum atomic E-state index is 11.6. The van der Waals surface area contributed by atoms with Crippen molar-refractivity contribution in [3.05, 3.63) is 58.7 Å². The largest absolute Gasteiger partial charge is 0.457 e. The second-order valence-corrected chi connectivity index (χ2v) is 5.57. The summed E-state index contributed by atoms with van der Waals surface area (Å²) in [6, 6.07) is 12.2. The summed E-state index contributed by atoms with van der Waals surface area (Å²) in [5, 5.41) is 0. The Labute approximate surface area is 119 Å². The molecule has 1 aliphatic heterocycles. The molecule has 0 aromatic heterocycles. The van der Waals surface area contributed by atoms with Gasteiger partial charge in [0, 0.05) is 23.5 Å². The zero-order valence-corrected chi connectivity index (χ0v) is 12.1. The number of benzene rings is 2. The molecule has 0 radical (unpaired) electrons. The quantitative estimate of drug-likeness (QED) is 0.798. The molecule has 0 saturated carbocycles. The lowest BCUT2D eigenvalue weighted by Crippen LogP contribution is -2.13. The summed E-state index contributed by atoms with van der Waals surface area (Å²) in [4.78, 5) is 11.6. The first-order valence-corrected chi connectivity index (χ1v) is 6.93. The number of ketones is 1. The molecule has 0 N–H and O–H groups in total. The van der Waals surface area contributed by atoms with Crippen LogP contribution in [0.4, 0.5) is 0 Å². The van der Waals surface area contributed by atoms with Gasteiger partial charge in [-0.05, 0) is 44.0 Å². The van der Waals surface area contributed by atoms with E-state index in [1.807, 2.05) is 18.2 Å². The van der Waals surface area contributed by atoms with Crippen LogP contribution in [0.3, 0.4) is 0 Å². The maximum absolute atomic E-state index is 11.6. The van der Waals surface area contributed by atoms with Crippen LogP contribution >= 0.6 is 0 Å². The smallest absolute Gasteiger partial charge is 0.131 e. The highest BCUT2D eigenvalue weighted by Gasteiger charge is 2.28. The van der Waals surface area contributed by atoms with Crippen LogP contribution in [0.15, 0.2) is 36.4 Å². The minimum absolute atomic E-state index is 0.103. The molecule has 2 heteroatoms. The SMILES string of the molecule is CC(=O)CC1c2ccccc2Oc2cc(C)c(C)cc21. The molecular formula is C18H18O2. The number of para-hydroxylation sites is 1. The van der Waals surface area contributed by atoms with E-state index in [2.05, 4.69) is 32.0 Å². The molecule has 0 spiro atoms. The monoisotopic (exact) mass is 266 g/mol. The van der Waals surface area contributed by atoms with E-state index in [-0.39, 0.29) is 11.7 Å². The van der Waals surface area contributed by atoms with Gasteiger partial charge >= 0.3 is 0 Å². The van der Waals surface area contributed by atoms with Crippen molar-refractivity contribution in [3.8, 4) is 11.5 Å². The van der Waals surface area contributed by atoms with Crippen molar-refractivity contribution in [1.82, 2.24) is 0 Å². The summed E-state index contributed by atoms with van der Waals surface area (Å²) in [7, 11) is 0. The minimum atomic E-state index is 0.103. The highest BCUT2D eigenvalue weighted by molar-refractivity contribution is 5.78. The van der Waals surface area contributed by atoms with Gasteiger partial charge in [0.25, 0.3) is 0 Å². The van der Waals surface area contributed by atoms with Crippen LogP contribution in [0.25, 0.3) is 0 Å². The third-order valence-corrected chi connectivity index (χ3v) is 4.01. The summed E-state index contributed by atoms with van der Waals surface area (Å²) in [6.07, 6.45) is 0.524. The number of rotatable bonds is 2. The zero-order valence-electron chi connectivity index (χ0n) is 12.1. The van der Waals surface area contributed by atoms with Crippen LogP contribution in [0.1, 0.15) is 41.5 Å². The van der Waals surface area contributed by atoms with Gasteiger partial charge in [0.1, 0.15) is 17.3 Å². The van der Waals surface area contributed by atoms with Gasteiger partial charge < -0.3 is 4.74 Å². The molecule has 1 unspecified atom stereocenters. The molecule has 1 aliphatic rings. The van der Waals surface area contributed by atoms with Crippen molar-refractivity contribution >= 4 is 5.78 Å². The van der Waals surface area contributed by atoms with Gasteiger partial charge in [-0.15, -0.1) is 0 Å². The summed E-state index contributed by atoms with van der Waals surface area (Å²) in [5.74, 6) is 2.06. The standard InChI is InChI=1S/C18H18O2/c1-11-8-16-15(10-13(3)19)14-6-4-5-7-17(14)20-18(16)9-12(11)2/h4-9,15H,10H2,1-3H3. The van der Waals surface area contributed by atoms with E-state index in [1.165, 1.54) is 11.1 Å². The Morgan fingerprint density at radius 2 is 1.75 bits per heavy atom. The first-order chi connectivity index (χ1) is 9.56. The van der Waals surface area contributed by atoms with E-state index in [4.69, 9.17) is 4.74 Å². The van der Waals surface area contributed by atoms with E-state index < -0.39 is 0 Å². The first-order valence-electron chi connectivity index (χ1n) is 6.93. The fourth-order valence-corrected chi connectivity index (χ4v) is 2.83. The topological polar surface area (TPSA) is 26.3 Å². The minimum Gasteiger partial charge on any atom is -0.457 e. The van der Waals surface area contributed by atoms with Gasteiger partial charge in [0.2, 0.25) is 0 Å². The van der Waals surface area contributed by atoms with Gasteiger partial charge in [-0.25, -0.2) is 0 Å². The van der Waals surface area contributed by atoms with Crippen LogP contribution in [-0.4, -0.2) is 5.78 Å². The molecule has 20 heavy (non-hydrogen) atoms. The summed E-state index contributed by atoms with van der Waals surface area (Å²) >= 11 is 0. The highest BCUT2D eigenvalue weighted by atomic mass is 16.5. The molecule has 0 amide bonds. The van der Waals surface area contributed by atoms with Gasteiger partial charge in [0.15, 0.2) is 0 Å². The molecule has 1 heterocycles. The van der Waals surface area contributed by atoms with Crippen molar-refractivity contribution in [3.63, 3.8) is 0 Å². The Balaban J connectivity index is 2.18. The molecule has 0 bridgehead atoms. The van der Waals surface area contributed by atoms with Crippen molar-refractivity contribution in [2.24, 2.45) is 0 Å². The van der Waals surface area contributed by atoms with Crippen molar-refractivity contribution in [2.45, 2.75) is 33.1 Å². The van der Waals surface area contributed by atoms with Crippen LogP contribution in [0.2, 0.25) is 0 Å². The zero-order chi connectivity index (χ0) is 14.3. The predicted octanol–water partition coefficient (Wildman–Crippen LogP) is 4.52. The molecule has 1 atom stereocenters. The number of carbonyl (C=O) groups is 1. The van der Waals surface area contributed by atoms with E-state index >= 15 is 0 Å². The molecule has 0 aliphatic carbocycles. The molecule has 2 aromatic rings. The average molecular weight is 266 g/mol. The number of Topliss-reactive ketones (excluding diaryl/α,β-unsaturated/α-hetero) is 1. The van der Waals surface area contributed by atoms with Crippen LogP contribution in [0.5, 0.6) is 11.5 Å². The molecule has 102 valence electrons. The molecule has 0 saturated heterocycles. The lowest BCUT2D eigenvalue weighted by molar-refractivity contribution is -0.117. The Morgan fingerprint density at radius 3 is 2.50 bits per heavy atom. The number of hydrogen-bond acceptors (Lipinski definition) is 2. The number of hydrogen-bond donors (Lipinski definition) is 0. The fraction of sp³-hybridized carbons (Fsp3) is 0.278.